The van der Waals surface area contributed by atoms with Gasteiger partial charge in [-0.25, -0.2) is 0 Å². The minimum absolute atomic E-state index is 0.143. The normalized spacial score (nSPS) is 11.8. The van der Waals surface area contributed by atoms with Crippen molar-refractivity contribution < 1.29 is 17.9 Å². The standard InChI is InChI=1S/C14H13ClF3NO/c1-2-20-9-19-12(7-8-13(19)14(16,17)18)10-3-5-11(15)6-4-10/h3-8H,2,9H2,1H3. The molecule has 1 heterocycles. The average molecular weight is 304 g/mol. The van der Waals surface area contributed by atoms with Gasteiger partial charge in [0.05, 0.1) is 5.69 Å². The molecule has 0 radical (unpaired) electrons. The Bertz CT molecular complexity index is 575. The van der Waals surface area contributed by atoms with Crippen molar-refractivity contribution in [3.05, 3.63) is 47.1 Å². The third-order valence-corrected chi connectivity index (χ3v) is 3.09. The summed E-state index contributed by atoms with van der Waals surface area (Å²) in [4.78, 5) is 0. The Hall–Kier alpha value is -1.46. The summed E-state index contributed by atoms with van der Waals surface area (Å²) in [5, 5.41) is 0.535. The van der Waals surface area contributed by atoms with Crippen molar-refractivity contribution >= 4 is 11.6 Å². The van der Waals surface area contributed by atoms with Crippen molar-refractivity contribution in [2.45, 2.75) is 19.8 Å². The Balaban J connectivity index is 2.47. The van der Waals surface area contributed by atoms with Gasteiger partial charge >= 0.3 is 6.18 Å². The fourth-order valence-corrected chi connectivity index (χ4v) is 2.04. The van der Waals surface area contributed by atoms with Crippen LogP contribution in [0.15, 0.2) is 36.4 Å². The number of benzene rings is 1. The lowest BCUT2D eigenvalue weighted by Crippen LogP contribution is -2.15. The molecule has 0 saturated carbocycles. The second-order valence-electron chi connectivity index (χ2n) is 4.16. The molecule has 0 bridgehead atoms. The van der Waals surface area contributed by atoms with Gasteiger partial charge in [-0.05, 0) is 36.8 Å². The number of halogens is 4. The van der Waals surface area contributed by atoms with E-state index in [2.05, 4.69) is 0 Å². The van der Waals surface area contributed by atoms with E-state index in [9.17, 15) is 13.2 Å². The van der Waals surface area contributed by atoms with Gasteiger partial charge in [0, 0.05) is 11.6 Å². The lowest BCUT2D eigenvalue weighted by Gasteiger charge is -2.15. The average Bonchev–Trinajstić information content (AvgIpc) is 2.81. The summed E-state index contributed by atoms with van der Waals surface area (Å²) in [6.45, 7) is 1.94. The molecule has 0 amide bonds. The third-order valence-electron chi connectivity index (χ3n) is 2.84. The van der Waals surface area contributed by atoms with E-state index in [0.29, 0.717) is 22.9 Å². The molecule has 1 aromatic carbocycles. The Morgan fingerprint density at radius 2 is 1.75 bits per heavy atom. The van der Waals surface area contributed by atoms with Crippen LogP contribution < -0.4 is 0 Å². The highest BCUT2D eigenvalue weighted by atomic mass is 35.5. The van der Waals surface area contributed by atoms with Crippen molar-refractivity contribution in [1.82, 2.24) is 4.57 Å². The van der Waals surface area contributed by atoms with Gasteiger partial charge in [0.1, 0.15) is 12.4 Å². The number of alkyl halides is 3. The van der Waals surface area contributed by atoms with Crippen LogP contribution in [0.3, 0.4) is 0 Å². The summed E-state index contributed by atoms with van der Waals surface area (Å²) in [5.74, 6) is 0. The predicted octanol–water partition coefficient (Wildman–Crippen LogP) is 4.82. The molecule has 0 aliphatic rings. The highest BCUT2D eigenvalue weighted by Crippen LogP contribution is 2.34. The number of hydrogen-bond donors (Lipinski definition) is 0. The van der Waals surface area contributed by atoms with Crippen molar-refractivity contribution in [3.63, 3.8) is 0 Å². The van der Waals surface area contributed by atoms with Crippen LogP contribution in [0.25, 0.3) is 11.3 Å². The first-order valence-corrected chi connectivity index (χ1v) is 6.41. The lowest BCUT2D eigenvalue weighted by molar-refractivity contribution is -0.145. The summed E-state index contributed by atoms with van der Waals surface area (Å²) in [7, 11) is 0. The molecule has 0 aliphatic carbocycles. The van der Waals surface area contributed by atoms with E-state index in [1.165, 1.54) is 6.07 Å². The van der Waals surface area contributed by atoms with Gasteiger partial charge < -0.3 is 9.30 Å². The van der Waals surface area contributed by atoms with Crippen LogP contribution in [0, 0.1) is 0 Å². The zero-order valence-electron chi connectivity index (χ0n) is 10.7. The van der Waals surface area contributed by atoms with E-state index < -0.39 is 11.9 Å². The Kier molecular flexibility index (Phi) is 4.40. The SMILES string of the molecule is CCOCn1c(-c2ccc(Cl)cc2)ccc1C(F)(F)F. The van der Waals surface area contributed by atoms with Gasteiger partial charge in [0.2, 0.25) is 0 Å². The molecular formula is C14H13ClF3NO. The molecule has 2 nitrogen and oxygen atoms in total. The predicted molar refractivity (Wildman–Crippen MR) is 71.5 cm³/mol. The molecule has 0 aliphatic heterocycles. The van der Waals surface area contributed by atoms with E-state index >= 15 is 0 Å². The molecule has 0 unspecified atom stereocenters. The van der Waals surface area contributed by atoms with Crippen molar-refractivity contribution in [1.29, 1.82) is 0 Å². The molecule has 108 valence electrons. The molecule has 1 aromatic heterocycles. The zero-order chi connectivity index (χ0) is 14.8. The van der Waals surface area contributed by atoms with E-state index in [4.69, 9.17) is 16.3 Å². The highest BCUT2D eigenvalue weighted by molar-refractivity contribution is 6.30. The monoisotopic (exact) mass is 303 g/mol. The molecular weight excluding hydrogens is 291 g/mol. The Morgan fingerprint density at radius 3 is 2.30 bits per heavy atom. The van der Waals surface area contributed by atoms with E-state index in [1.807, 2.05) is 0 Å². The largest absolute Gasteiger partial charge is 0.431 e. The van der Waals surface area contributed by atoms with Crippen molar-refractivity contribution in [2.24, 2.45) is 0 Å². The molecule has 0 saturated heterocycles. The van der Waals surface area contributed by atoms with Crippen LogP contribution in [0.4, 0.5) is 13.2 Å². The molecule has 6 heteroatoms. The Morgan fingerprint density at radius 1 is 1.10 bits per heavy atom. The fourth-order valence-electron chi connectivity index (χ4n) is 1.91. The van der Waals surface area contributed by atoms with Crippen molar-refractivity contribution in [3.8, 4) is 11.3 Å². The van der Waals surface area contributed by atoms with Gasteiger partial charge in [-0.1, -0.05) is 23.7 Å². The number of nitrogens with zero attached hydrogens (tertiary/aromatic N) is 1. The fraction of sp³-hybridized carbons (Fsp3) is 0.286. The van der Waals surface area contributed by atoms with Gasteiger partial charge in [-0.3, -0.25) is 0 Å². The smallest absolute Gasteiger partial charge is 0.361 e. The van der Waals surface area contributed by atoms with Gasteiger partial charge in [0.15, 0.2) is 0 Å². The summed E-state index contributed by atoms with van der Waals surface area (Å²) < 4.78 is 45.2. The van der Waals surface area contributed by atoms with Crippen LogP contribution >= 0.6 is 11.6 Å². The van der Waals surface area contributed by atoms with Crippen LogP contribution in [0.5, 0.6) is 0 Å². The topological polar surface area (TPSA) is 14.2 Å². The first kappa shape index (κ1) is 14.9. The lowest BCUT2D eigenvalue weighted by atomic mass is 10.1. The maximum atomic E-state index is 13.0. The van der Waals surface area contributed by atoms with E-state index in [-0.39, 0.29) is 6.73 Å². The maximum absolute atomic E-state index is 13.0. The molecule has 2 rings (SSSR count). The molecule has 20 heavy (non-hydrogen) atoms. The maximum Gasteiger partial charge on any atom is 0.431 e. The first-order valence-electron chi connectivity index (χ1n) is 6.04. The van der Waals surface area contributed by atoms with Crippen molar-refractivity contribution in [2.75, 3.05) is 6.61 Å². The second kappa shape index (κ2) is 5.89. The first-order chi connectivity index (χ1) is 9.43. The van der Waals surface area contributed by atoms with Crippen LogP contribution in [0.2, 0.25) is 5.02 Å². The quantitative estimate of drug-likeness (QED) is 0.789. The minimum atomic E-state index is -4.41. The summed E-state index contributed by atoms with van der Waals surface area (Å²) >= 11 is 5.79. The summed E-state index contributed by atoms with van der Waals surface area (Å²) in [6.07, 6.45) is -4.41. The number of aromatic nitrogens is 1. The highest BCUT2D eigenvalue weighted by Gasteiger charge is 2.35. The molecule has 2 aromatic rings. The molecule has 0 atom stereocenters. The van der Waals surface area contributed by atoms with E-state index in [1.54, 1.807) is 31.2 Å². The van der Waals surface area contributed by atoms with Gasteiger partial charge in [-0.15, -0.1) is 0 Å². The molecule has 0 spiro atoms. The van der Waals surface area contributed by atoms with E-state index in [0.717, 1.165) is 10.6 Å². The van der Waals surface area contributed by atoms with Crippen LogP contribution in [-0.2, 0) is 17.6 Å². The Labute approximate surface area is 119 Å². The van der Waals surface area contributed by atoms with Gasteiger partial charge in [-0.2, -0.15) is 13.2 Å². The summed E-state index contributed by atoms with van der Waals surface area (Å²) in [6, 6.07) is 9.14. The number of ether oxygens (including phenoxy) is 1. The van der Waals surface area contributed by atoms with Crippen LogP contribution in [-0.4, -0.2) is 11.2 Å². The van der Waals surface area contributed by atoms with Gasteiger partial charge in [0.25, 0.3) is 0 Å². The molecule has 0 N–H and O–H groups in total. The minimum Gasteiger partial charge on any atom is -0.361 e. The third kappa shape index (κ3) is 3.16. The van der Waals surface area contributed by atoms with Crippen LogP contribution in [0.1, 0.15) is 12.6 Å². The number of hydrogen-bond acceptors (Lipinski definition) is 1. The second-order valence-corrected chi connectivity index (χ2v) is 4.59. The zero-order valence-corrected chi connectivity index (χ0v) is 11.5. The molecule has 0 fully saturated rings. The number of rotatable bonds is 4. The summed E-state index contributed by atoms with van der Waals surface area (Å²) in [5.41, 5.74) is 0.378.